The molecule has 3 aromatic heterocycles. The van der Waals surface area contributed by atoms with Crippen LogP contribution in [0.2, 0.25) is 5.02 Å². The first-order chi connectivity index (χ1) is 37.7. The van der Waals surface area contributed by atoms with Crippen molar-refractivity contribution in [3.05, 3.63) is 204 Å². The standard InChI is InChI=1S/C16H15N3O4S.C16H14N2O2.C10H8ClNO.C6H6N2O5S.C6H7NO/c1-22-13-6-7-14-15(10-13)18-9-8-16(14)23-12-4-2-11(3-5-12)19-24(17,20)21;1-19-13-6-7-14-15(10-13)18-9-8-16(14)20-12-4-2-11(17)3-5-12;1-13-7-2-3-8-9(11)4-5-12-10(8)6-7;7-14(11,12)13-6-3-1-5(2-4-6)8(9)10;7-5-1-3-6(8)4-2-5/h2-10,19H,1H3,(H2,17,20,21);2-10H,17H2,1H3;2-6H,1H3;1-4H,(H2,7,11,12);1-4,8H,7H2. The van der Waals surface area contributed by atoms with Crippen molar-refractivity contribution in [2.24, 2.45) is 10.3 Å². The number of nitrogens with zero attached hydrogens (tertiary/aromatic N) is 4. The molecule has 0 aliphatic rings. The van der Waals surface area contributed by atoms with Gasteiger partial charge in [0.25, 0.3) is 15.9 Å². The molecule has 0 amide bonds. The second-order valence-corrected chi connectivity index (χ2v) is 18.8. The first-order valence-corrected chi connectivity index (χ1v) is 26.2. The molecule has 0 atom stereocenters. The van der Waals surface area contributed by atoms with Gasteiger partial charge in [-0.15, -0.1) is 0 Å². The normalized spacial score (nSPS) is 10.6. The van der Waals surface area contributed by atoms with Crippen LogP contribution >= 0.6 is 11.6 Å². The van der Waals surface area contributed by atoms with Crippen LogP contribution in [0, 0.1) is 10.1 Å². The Morgan fingerprint density at radius 1 is 0.519 bits per heavy atom. The molecule has 10 N–H and O–H groups in total. The number of phenolic OH excluding ortho intramolecular Hbond substituents is 1. The van der Waals surface area contributed by atoms with Crippen molar-refractivity contribution in [1.82, 2.24) is 15.0 Å². The van der Waals surface area contributed by atoms with Gasteiger partial charge in [-0.3, -0.25) is 29.8 Å². The van der Waals surface area contributed by atoms with Crippen LogP contribution in [0.15, 0.2) is 188 Å². The van der Waals surface area contributed by atoms with Crippen molar-refractivity contribution in [1.29, 1.82) is 0 Å². The molecule has 22 nitrogen and oxygen atoms in total. The van der Waals surface area contributed by atoms with Gasteiger partial charge in [0.1, 0.15) is 51.7 Å². The number of hydrogen-bond acceptors (Lipinski definition) is 18. The highest BCUT2D eigenvalue weighted by Crippen LogP contribution is 2.33. The second kappa shape index (κ2) is 27.4. The smallest absolute Gasteiger partial charge is 0.380 e. The van der Waals surface area contributed by atoms with Gasteiger partial charge in [-0.05, 0) is 140 Å². The zero-order valence-corrected chi connectivity index (χ0v) is 44.4. The topological polar surface area (TPSA) is 342 Å². The fourth-order valence-corrected chi connectivity index (χ4v) is 7.69. The van der Waals surface area contributed by atoms with Gasteiger partial charge in [0, 0.05) is 82.1 Å². The monoisotopic (exact) mass is 1130 g/mol. The summed E-state index contributed by atoms with van der Waals surface area (Å²) in [4.78, 5) is 22.4. The van der Waals surface area contributed by atoms with E-state index in [1.165, 1.54) is 0 Å². The third kappa shape index (κ3) is 18.5. The maximum absolute atomic E-state index is 11.0. The summed E-state index contributed by atoms with van der Waals surface area (Å²) in [5.74, 6) is 5.14. The number of pyridine rings is 3. The lowest BCUT2D eigenvalue weighted by Gasteiger charge is -2.10. The van der Waals surface area contributed by atoms with Crippen LogP contribution in [0.5, 0.6) is 51.7 Å². The highest BCUT2D eigenvalue weighted by atomic mass is 35.5. The van der Waals surface area contributed by atoms with Crippen molar-refractivity contribution in [3.63, 3.8) is 0 Å². The molecule has 7 aromatic carbocycles. The number of nitrogen functional groups attached to an aromatic ring is 2. The van der Waals surface area contributed by atoms with Crippen molar-refractivity contribution < 1.29 is 54.7 Å². The van der Waals surface area contributed by atoms with Crippen LogP contribution in [0.1, 0.15) is 0 Å². The van der Waals surface area contributed by atoms with Crippen LogP contribution in [0.3, 0.4) is 0 Å². The average Bonchev–Trinajstić information content (AvgIpc) is 3.44. The summed E-state index contributed by atoms with van der Waals surface area (Å²) < 4.78 is 76.5. The molecule has 0 aliphatic carbocycles. The number of hydrogen-bond donors (Lipinski definition) is 6. The van der Waals surface area contributed by atoms with Crippen molar-refractivity contribution in [3.8, 4) is 51.7 Å². The lowest BCUT2D eigenvalue weighted by molar-refractivity contribution is -0.384. The molecular formula is C54H50ClN9O13S2. The van der Waals surface area contributed by atoms with Crippen LogP contribution < -0.4 is 54.3 Å². The van der Waals surface area contributed by atoms with Gasteiger partial charge < -0.3 is 44.4 Å². The third-order valence-corrected chi connectivity index (χ3v) is 11.6. The number of fused-ring (bicyclic) bond motifs is 3. The zero-order chi connectivity index (χ0) is 57.1. The number of nitrogens with two attached hydrogens (primary N) is 4. The number of nitro benzene ring substituents is 1. The number of benzene rings is 7. The van der Waals surface area contributed by atoms with E-state index in [0.29, 0.717) is 39.3 Å². The van der Waals surface area contributed by atoms with E-state index < -0.39 is 25.4 Å². The molecule has 0 bridgehead atoms. The Labute approximate surface area is 458 Å². The van der Waals surface area contributed by atoms with Crippen molar-refractivity contribution in [2.45, 2.75) is 0 Å². The minimum Gasteiger partial charge on any atom is -0.508 e. The Balaban J connectivity index is 0.000000166. The zero-order valence-electron chi connectivity index (χ0n) is 42.0. The van der Waals surface area contributed by atoms with Gasteiger partial charge in [0.2, 0.25) is 0 Å². The molecule has 0 unspecified atom stereocenters. The van der Waals surface area contributed by atoms with Gasteiger partial charge >= 0.3 is 10.3 Å². The van der Waals surface area contributed by atoms with Crippen LogP contribution in [0.25, 0.3) is 32.7 Å². The average molecular weight is 1130 g/mol. The Kier molecular flexibility index (Phi) is 20.3. The molecule has 0 saturated carbocycles. The van der Waals surface area contributed by atoms with E-state index in [9.17, 15) is 26.9 Å². The van der Waals surface area contributed by atoms with Gasteiger partial charge in [0.15, 0.2) is 0 Å². The number of nitrogens with one attached hydrogen (secondary N) is 1. The Bertz CT molecular complexity index is 3870. The van der Waals surface area contributed by atoms with Gasteiger partial charge in [-0.1, -0.05) is 11.6 Å². The molecule has 0 spiro atoms. The molecule has 79 heavy (non-hydrogen) atoms. The molecule has 10 aromatic rings. The van der Waals surface area contributed by atoms with E-state index in [0.717, 1.165) is 80.0 Å². The number of anilines is 3. The summed E-state index contributed by atoms with van der Waals surface area (Å²) in [7, 11) is -3.01. The Morgan fingerprint density at radius 3 is 1.30 bits per heavy atom. The van der Waals surface area contributed by atoms with E-state index in [2.05, 4.69) is 29.0 Å². The second-order valence-electron chi connectivity index (χ2n) is 15.9. The summed E-state index contributed by atoms with van der Waals surface area (Å²) in [5, 5.41) is 31.9. The van der Waals surface area contributed by atoms with Crippen molar-refractivity contribution >= 4 is 87.6 Å². The van der Waals surface area contributed by atoms with Crippen LogP contribution in [0.4, 0.5) is 22.7 Å². The molecule has 0 radical (unpaired) electrons. The van der Waals surface area contributed by atoms with E-state index in [1.54, 1.807) is 101 Å². The number of halogens is 1. The molecule has 25 heteroatoms. The van der Waals surface area contributed by atoms with Crippen LogP contribution in [-0.2, 0) is 20.5 Å². The highest BCUT2D eigenvalue weighted by molar-refractivity contribution is 7.90. The molecule has 0 saturated heterocycles. The van der Waals surface area contributed by atoms with Gasteiger partial charge in [-0.25, -0.2) is 5.14 Å². The SMILES string of the molecule is COc1ccc2c(Cl)ccnc2c1.COc1ccc2c(Oc3ccc(N)cc3)ccnc2c1.COc1ccc2c(Oc3ccc(NS(N)(=O)=O)cc3)ccnc2c1.NS(=O)(=O)Oc1ccc([N+](=O)[O-])cc1.Nc1ccc(O)cc1. The predicted octanol–water partition coefficient (Wildman–Crippen LogP) is 10.3. The molecule has 0 aliphatic heterocycles. The maximum Gasteiger partial charge on any atom is 0.380 e. The third-order valence-electron chi connectivity index (χ3n) is 10.3. The lowest BCUT2D eigenvalue weighted by atomic mass is 10.2. The van der Waals surface area contributed by atoms with E-state index in [4.69, 9.17) is 57.0 Å². The first kappa shape index (κ1) is 58.5. The van der Waals surface area contributed by atoms with Crippen LogP contribution in [-0.4, -0.2) is 63.1 Å². The largest absolute Gasteiger partial charge is 0.508 e. The van der Waals surface area contributed by atoms with Gasteiger partial charge in [-0.2, -0.15) is 22.0 Å². The summed E-state index contributed by atoms with van der Waals surface area (Å²) in [5.41, 5.74) is 15.0. The number of aromatic nitrogens is 3. The quantitative estimate of drug-likeness (QED) is 0.0286. The number of aromatic hydroxyl groups is 1. The predicted molar refractivity (Wildman–Crippen MR) is 303 cm³/mol. The summed E-state index contributed by atoms with van der Waals surface area (Å²) in [6.45, 7) is 0. The number of methoxy groups -OCH3 is 3. The first-order valence-electron chi connectivity index (χ1n) is 22.8. The minimum absolute atomic E-state index is 0.0712. The number of ether oxygens (including phenoxy) is 5. The Morgan fingerprint density at radius 2 is 0.899 bits per heavy atom. The van der Waals surface area contributed by atoms with E-state index >= 15 is 0 Å². The number of nitro groups is 1. The number of non-ortho nitro benzene ring substituents is 1. The fraction of sp³-hybridized carbons (Fsp3) is 0.0556. The van der Waals surface area contributed by atoms with E-state index in [-0.39, 0.29) is 17.2 Å². The summed E-state index contributed by atoms with van der Waals surface area (Å²) >= 11 is 5.97. The molecule has 408 valence electrons. The summed E-state index contributed by atoms with van der Waals surface area (Å²) in [6, 6.07) is 46.8. The number of rotatable bonds is 12. The van der Waals surface area contributed by atoms with Crippen molar-refractivity contribution in [2.75, 3.05) is 37.5 Å². The number of phenols is 1. The molecular weight excluding hydrogens is 1080 g/mol. The van der Waals surface area contributed by atoms with E-state index in [1.807, 2.05) is 84.9 Å². The van der Waals surface area contributed by atoms with Gasteiger partial charge in [0.05, 0.1) is 47.8 Å². The minimum atomic E-state index is -4.08. The Hall–Kier alpha value is -9.72. The maximum atomic E-state index is 11.0. The highest BCUT2D eigenvalue weighted by Gasteiger charge is 2.11. The summed E-state index contributed by atoms with van der Waals surface area (Å²) in [6.07, 6.45) is 5.05. The molecule has 0 fully saturated rings. The fourth-order valence-electron chi connectivity index (χ4n) is 6.63. The molecule has 3 heterocycles. The lowest BCUT2D eigenvalue weighted by Crippen LogP contribution is -2.21. The molecule has 10 rings (SSSR count).